The summed E-state index contributed by atoms with van der Waals surface area (Å²) in [6, 6.07) is 8.49. The van der Waals surface area contributed by atoms with Crippen molar-refractivity contribution < 1.29 is 4.39 Å². The first-order chi connectivity index (χ1) is 10.8. The van der Waals surface area contributed by atoms with E-state index in [9.17, 15) is 4.39 Å². The van der Waals surface area contributed by atoms with Gasteiger partial charge in [-0.2, -0.15) is 0 Å². The van der Waals surface area contributed by atoms with Crippen LogP contribution < -0.4 is 10.2 Å². The molecule has 1 fully saturated rings. The van der Waals surface area contributed by atoms with E-state index in [-0.39, 0.29) is 5.82 Å². The summed E-state index contributed by atoms with van der Waals surface area (Å²) in [6.07, 6.45) is 6.66. The third-order valence-corrected chi connectivity index (χ3v) is 3.97. The Morgan fingerprint density at radius 2 is 1.73 bits per heavy atom. The number of halogens is 1. The minimum atomic E-state index is -0.214. The van der Waals surface area contributed by atoms with Gasteiger partial charge in [-0.15, -0.1) is 0 Å². The smallest absolute Gasteiger partial charge is 0.134 e. The van der Waals surface area contributed by atoms with Gasteiger partial charge in [0.05, 0.1) is 0 Å². The van der Waals surface area contributed by atoms with E-state index >= 15 is 0 Å². The molecule has 2 aromatic rings. The fraction of sp³-hybridized carbons (Fsp3) is 0.412. The van der Waals surface area contributed by atoms with Crippen molar-refractivity contribution in [2.45, 2.75) is 32.2 Å². The van der Waals surface area contributed by atoms with E-state index in [1.807, 2.05) is 6.07 Å². The monoisotopic (exact) mass is 300 g/mol. The summed E-state index contributed by atoms with van der Waals surface area (Å²) >= 11 is 0. The summed E-state index contributed by atoms with van der Waals surface area (Å²) in [4.78, 5) is 11.0. The predicted molar refractivity (Wildman–Crippen MR) is 86.4 cm³/mol. The van der Waals surface area contributed by atoms with E-state index < -0.39 is 0 Å². The van der Waals surface area contributed by atoms with Crippen molar-refractivity contribution >= 4 is 11.6 Å². The number of nitrogens with one attached hydrogen (secondary N) is 1. The first kappa shape index (κ1) is 14.8. The molecule has 1 saturated heterocycles. The van der Waals surface area contributed by atoms with Gasteiger partial charge < -0.3 is 10.2 Å². The number of benzene rings is 1. The summed E-state index contributed by atoms with van der Waals surface area (Å²) in [6.45, 7) is 2.75. The van der Waals surface area contributed by atoms with E-state index in [1.54, 1.807) is 18.5 Å². The van der Waals surface area contributed by atoms with Crippen molar-refractivity contribution in [1.82, 2.24) is 9.97 Å². The summed E-state index contributed by atoms with van der Waals surface area (Å²) in [5.74, 6) is 1.58. The lowest BCUT2D eigenvalue weighted by molar-refractivity contribution is 0.627. The van der Waals surface area contributed by atoms with Crippen LogP contribution in [0.25, 0.3) is 0 Å². The molecular weight excluding hydrogens is 279 g/mol. The molecule has 1 aliphatic heterocycles. The number of rotatable bonds is 4. The maximum absolute atomic E-state index is 12.9. The molecule has 4 nitrogen and oxygen atoms in total. The second-order valence-corrected chi connectivity index (χ2v) is 5.64. The highest BCUT2D eigenvalue weighted by Gasteiger charge is 2.11. The molecule has 3 rings (SSSR count). The second kappa shape index (κ2) is 7.20. The fourth-order valence-corrected chi connectivity index (χ4v) is 2.71. The lowest BCUT2D eigenvalue weighted by Gasteiger charge is -2.21. The normalized spacial score (nSPS) is 15.4. The van der Waals surface area contributed by atoms with Crippen LogP contribution in [0.1, 0.15) is 31.2 Å². The lowest BCUT2D eigenvalue weighted by Crippen LogP contribution is -2.25. The molecule has 0 amide bonds. The van der Waals surface area contributed by atoms with Gasteiger partial charge in [0.1, 0.15) is 23.8 Å². The molecule has 116 valence electrons. The molecule has 0 aliphatic carbocycles. The fourth-order valence-electron chi connectivity index (χ4n) is 2.71. The number of aromatic nitrogens is 2. The minimum Gasteiger partial charge on any atom is -0.366 e. The molecular formula is C17H21FN4. The van der Waals surface area contributed by atoms with Crippen LogP contribution in [0.4, 0.5) is 16.0 Å². The first-order valence-electron chi connectivity index (χ1n) is 7.86. The first-order valence-corrected chi connectivity index (χ1v) is 7.86. The average Bonchev–Trinajstić information content (AvgIpc) is 2.84. The van der Waals surface area contributed by atoms with Crippen LogP contribution in [0.5, 0.6) is 0 Å². The summed E-state index contributed by atoms with van der Waals surface area (Å²) in [7, 11) is 0. The Morgan fingerprint density at radius 1 is 1.00 bits per heavy atom. The third-order valence-electron chi connectivity index (χ3n) is 3.97. The van der Waals surface area contributed by atoms with E-state index in [2.05, 4.69) is 20.2 Å². The van der Waals surface area contributed by atoms with E-state index in [0.29, 0.717) is 6.54 Å². The summed E-state index contributed by atoms with van der Waals surface area (Å²) < 4.78 is 12.9. The van der Waals surface area contributed by atoms with Crippen molar-refractivity contribution in [1.29, 1.82) is 0 Å². The molecule has 0 spiro atoms. The van der Waals surface area contributed by atoms with Crippen molar-refractivity contribution in [3.8, 4) is 0 Å². The second-order valence-electron chi connectivity index (χ2n) is 5.64. The zero-order valence-electron chi connectivity index (χ0n) is 12.6. The van der Waals surface area contributed by atoms with Gasteiger partial charge in [0.2, 0.25) is 0 Å². The molecule has 22 heavy (non-hydrogen) atoms. The Kier molecular flexibility index (Phi) is 4.83. The molecule has 1 N–H and O–H groups in total. The largest absolute Gasteiger partial charge is 0.366 e. The molecule has 0 bridgehead atoms. The molecule has 2 heterocycles. The van der Waals surface area contributed by atoms with Crippen LogP contribution in [-0.2, 0) is 6.54 Å². The van der Waals surface area contributed by atoms with Crippen molar-refractivity contribution in [2.75, 3.05) is 23.3 Å². The van der Waals surface area contributed by atoms with Crippen LogP contribution in [0, 0.1) is 5.82 Å². The molecule has 0 atom stereocenters. The Balaban J connectivity index is 1.64. The molecule has 1 aromatic heterocycles. The minimum absolute atomic E-state index is 0.214. The van der Waals surface area contributed by atoms with Gasteiger partial charge >= 0.3 is 0 Å². The van der Waals surface area contributed by atoms with Crippen LogP contribution >= 0.6 is 0 Å². The Morgan fingerprint density at radius 3 is 2.45 bits per heavy atom. The van der Waals surface area contributed by atoms with Gasteiger partial charge in [0.15, 0.2) is 0 Å². The Bertz CT molecular complexity index is 592. The lowest BCUT2D eigenvalue weighted by atomic mass is 10.2. The topological polar surface area (TPSA) is 41.0 Å². The van der Waals surface area contributed by atoms with Gasteiger partial charge in [0, 0.05) is 25.7 Å². The standard InChI is InChI=1S/C17H21FN4/c18-15-7-5-14(6-8-15)12-19-16-11-17(21-13-20-16)22-9-3-1-2-4-10-22/h5-8,11,13H,1-4,9-10,12H2,(H,19,20,21). The van der Waals surface area contributed by atoms with Gasteiger partial charge in [-0.3, -0.25) is 0 Å². The number of hydrogen-bond acceptors (Lipinski definition) is 4. The van der Waals surface area contributed by atoms with Crippen molar-refractivity contribution in [2.24, 2.45) is 0 Å². The van der Waals surface area contributed by atoms with E-state index in [0.717, 1.165) is 30.3 Å². The maximum atomic E-state index is 12.9. The van der Waals surface area contributed by atoms with Gasteiger partial charge in [-0.1, -0.05) is 25.0 Å². The highest BCUT2D eigenvalue weighted by molar-refractivity contribution is 5.48. The molecule has 0 radical (unpaired) electrons. The number of hydrogen-bond donors (Lipinski definition) is 1. The zero-order chi connectivity index (χ0) is 15.2. The third kappa shape index (κ3) is 3.93. The Hall–Kier alpha value is -2.17. The van der Waals surface area contributed by atoms with Crippen molar-refractivity contribution in [3.63, 3.8) is 0 Å². The van der Waals surface area contributed by atoms with Gasteiger partial charge in [-0.05, 0) is 30.5 Å². The highest BCUT2D eigenvalue weighted by atomic mass is 19.1. The van der Waals surface area contributed by atoms with Gasteiger partial charge in [-0.25, -0.2) is 14.4 Å². The van der Waals surface area contributed by atoms with E-state index in [4.69, 9.17) is 0 Å². The zero-order valence-corrected chi connectivity index (χ0v) is 12.6. The number of anilines is 2. The molecule has 1 aliphatic rings. The summed E-state index contributed by atoms with van der Waals surface area (Å²) in [5.41, 5.74) is 1.02. The molecule has 0 saturated carbocycles. The van der Waals surface area contributed by atoms with Crippen LogP contribution in [0.15, 0.2) is 36.7 Å². The van der Waals surface area contributed by atoms with Crippen LogP contribution in [0.2, 0.25) is 0 Å². The SMILES string of the molecule is Fc1ccc(CNc2cc(N3CCCCCC3)ncn2)cc1. The maximum Gasteiger partial charge on any atom is 0.134 e. The van der Waals surface area contributed by atoms with Crippen LogP contribution in [0.3, 0.4) is 0 Å². The van der Waals surface area contributed by atoms with Crippen LogP contribution in [-0.4, -0.2) is 23.1 Å². The highest BCUT2D eigenvalue weighted by Crippen LogP contribution is 2.19. The average molecular weight is 300 g/mol. The van der Waals surface area contributed by atoms with Gasteiger partial charge in [0.25, 0.3) is 0 Å². The van der Waals surface area contributed by atoms with E-state index in [1.165, 1.54) is 37.8 Å². The quantitative estimate of drug-likeness (QED) is 0.936. The number of nitrogens with zero attached hydrogens (tertiary/aromatic N) is 3. The molecule has 0 unspecified atom stereocenters. The predicted octanol–water partition coefficient (Wildman–Crippen LogP) is 3.61. The molecule has 1 aromatic carbocycles. The molecule has 5 heteroatoms. The van der Waals surface area contributed by atoms with Crippen molar-refractivity contribution in [3.05, 3.63) is 48.0 Å². The summed E-state index contributed by atoms with van der Waals surface area (Å²) in [5, 5.41) is 3.28. The Labute approximate surface area is 130 Å².